The third-order valence-electron chi connectivity index (χ3n) is 3.30. The summed E-state index contributed by atoms with van der Waals surface area (Å²) in [6, 6.07) is 12.6. The van der Waals surface area contributed by atoms with E-state index < -0.39 is 0 Å². The Bertz CT molecular complexity index is 575. The van der Waals surface area contributed by atoms with Crippen molar-refractivity contribution < 1.29 is 4.74 Å². The Balaban J connectivity index is 2.06. The first-order valence-electron chi connectivity index (χ1n) is 5.86. The number of anilines is 1. The number of nitrogen functional groups attached to an aromatic ring is 1. The lowest BCUT2D eigenvalue weighted by Crippen LogP contribution is -1.90. The summed E-state index contributed by atoms with van der Waals surface area (Å²) in [6.45, 7) is 2.82. The fourth-order valence-electron chi connectivity index (χ4n) is 2.19. The Morgan fingerprint density at radius 2 is 1.82 bits per heavy atom. The van der Waals surface area contributed by atoms with Gasteiger partial charge in [-0.1, -0.05) is 18.2 Å². The molecule has 0 bridgehead atoms. The Morgan fingerprint density at radius 1 is 1.06 bits per heavy atom. The van der Waals surface area contributed by atoms with Crippen LogP contribution in [0, 0.1) is 6.92 Å². The van der Waals surface area contributed by atoms with Crippen molar-refractivity contribution in [3.63, 3.8) is 0 Å². The molecule has 2 aromatic carbocycles. The van der Waals surface area contributed by atoms with Crippen molar-refractivity contribution in [1.82, 2.24) is 0 Å². The molecule has 0 saturated carbocycles. The minimum atomic E-state index is 0.800. The molecule has 1 heterocycles. The molecule has 0 atom stereocenters. The minimum Gasteiger partial charge on any atom is -0.493 e. The first-order valence-corrected chi connectivity index (χ1v) is 5.86. The number of nitrogens with two attached hydrogens (primary N) is 1. The van der Waals surface area contributed by atoms with Gasteiger partial charge in [0.2, 0.25) is 0 Å². The Labute approximate surface area is 101 Å². The minimum absolute atomic E-state index is 0.800. The number of hydrogen-bond acceptors (Lipinski definition) is 2. The van der Waals surface area contributed by atoms with Crippen molar-refractivity contribution in [1.29, 1.82) is 0 Å². The molecule has 0 saturated heterocycles. The average molecular weight is 225 g/mol. The zero-order chi connectivity index (χ0) is 11.8. The fraction of sp³-hybridized carbons (Fsp3) is 0.200. The smallest absolute Gasteiger partial charge is 0.122 e. The predicted molar refractivity (Wildman–Crippen MR) is 70.2 cm³/mol. The van der Waals surface area contributed by atoms with Crippen LogP contribution in [-0.2, 0) is 6.42 Å². The summed E-state index contributed by atoms with van der Waals surface area (Å²) in [5, 5.41) is 0. The highest BCUT2D eigenvalue weighted by atomic mass is 16.5. The molecule has 0 amide bonds. The molecule has 2 aromatic rings. The molecule has 0 spiro atoms. The molecular formula is C15H15NO. The average Bonchev–Trinajstić information content (AvgIpc) is 2.79. The van der Waals surface area contributed by atoms with Crippen LogP contribution in [0.25, 0.3) is 11.1 Å². The Morgan fingerprint density at radius 3 is 2.65 bits per heavy atom. The highest BCUT2D eigenvalue weighted by Crippen LogP contribution is 2.31. The third kappa shape index (κ3) is 1.76. The summed E-state index contributed by atoms with van der Waals surface area (Å²) in [7, 11) is 0. The second-order valence-electron chi connectivity index (χ2n) is 4.49. The van der Waals surface area contributed by atoms with Gasteiger partial charge in [0.05, 0.1) is 6.61 Å². The molecule has 2 N–H and O–H groups in total. The van der Waals surface area contributed by atoms with Crippen LogP contribution in [0.1, 0.15) is 11.1 Å². The van der Waals surface area contributed by atoms with Gasteiger partial charge in [0.1, 0.15) is 5.75 Å². The van der Waals surface area contributed by atoms with Crippen molar-refractivity contribution in [2.24, 2.45) is 0 Å². The monoisotopic (exact) mass is 225 g/mol. The maximum atomic E-state index is 5.95. The van der Waals surface area contributed by atoms with Crippen LogP contribution < -0.4 is 10.5 Å². The normalized spacial score (nSPS) is 13.2. The van der Waals surface area contributed by atoms with E-state index in [2.05, 4.69) is 24.3 Å². The van der Waals surface area contributed by atoms with E-state index in [0.29, 0.717) is 0 Å². The molecule has 17 heavy (non-hydrogen) atoms. The number of fused-ring (bicyclic) bond motifs is 1. The summed E-state index contributed by atoms with van der Waals surface area (Å²) in [4.78, 5) is 0. The molecule has 0 aliphatic carbocycles. The summed E-state index contributed by atoms with van der Waals surface area (Å²) in [6.07, 6.45) is 1.00. The molecular weight excluding hydrogens is 210 g/mol. The van der Waals surface area contributed by atoms with E-state index in [-0.39, 0.29) is 0 Å². The predicted octanol–water partition coefficient (Wildman–Crippen LogP) is 3.18. The molecule has 2 nitrogen and oxygen atoms in total. The second-order valence-corrected chi connectivity index (χ2v) is 4.49. The van der Waals surface area contributed by atoms with E-state index >= 15 is 0 Å². The van der Waals surface area contributed by atoms with Crippen LogP contribution in [0.4, 0.5) is 5.69 Å². The lowest BCUT2D eigenvalue weighted by molar-refractivity contribution is 0.357. The molecule has 1 aliphatic rings. The summed E-state index contributed by atoms with van der Waals surface area (Å²) in [5.74, 6) is 1.02. The number of aryl methyl sites for hydroxylation is 1. The first-order chi connectivity index (χ1) is 8.24. The van der Waals surface area contributed by atoms with Crippen LogP contribution in [0.3, 0.4) is 0 Å². The first kappa shape index (κ1) is 10.2. The molecule has 86 valence electrons. The second kappa shape index (κ2) is 3.81. The summed E-state index contributed by atoms with van der Waals surface area (Å²) >= 11 is 0. The van der Waals surface area contributed by atoms with Crippen LogP contribution in [0.2, 0.25) is 0 Å². The standard InChI is InChI=1S/C15H15NO/c1-10-2-3-12(9-14(10)16)11-4-5-15-13(8-11)6-7-17-15/h2-5,8-9H,6-7,16H2,1H3. The van der Waals surface area contributed by atoms with Gasteiger partial charge in [-0.15, -0.1) is 0 Å². The fourth-order valence-corrected chi connectivity index (χ4v) is 2.19. The summed E-state index contributed by atoms with van der Waals surface area (Å²) < 4.78 is 5.51. The van der Waals surface area contributed by atoms with Crippen LogP contribution in [0.15, 0.2) is 36.4 Å². The van der Waals surface area contributed by atoms with Crippen LogP contribution >= 0.6 is 0 Å². The molecule has 3 rings (SSSR count). The van der Waals surface area contributed by atoms with Gasteiger partial charge in [-0.2, -0.15) is 0 Å². The molecule has 0 aromatic heterocycles. The zero-order valence-corrected chi connectivity index (χ0v) is 9.86. The maximum Gasteiger partial charge on any atom is 0.122 e. The molecule has 0 unspecified atom stereocenters. The van der Waals surface area contributed by atoms with Gasteiger partial charge < -0.3 is 10.5 Å². The lowest BCUT2D eigenvalue weighted by Gasteiger charge is -2.07. The van der Waals surface area contributed by atoms with Gasteiger partial charge in [0, 0.05) is 12.1 Å². The van der Waals surface area contributed by atoms with E-state index in [9.17, 15) is 0 Å². The topological polar surface area (TPSA) is 35.2 Å². The van der Waals surface area contributed by atoms with E-state index in [0.717, 1.165) is 30.0 Å². The van der Waals surface area contributed by atoms with Gasteiger partial charge in [0.25, 0.3) is 0 Å². The molecule has 2 heteroatoms. The van der Waals surface area contributed by atoms with E-state index in [1.54, 1.807) is 0 Å². The van der Waals surface area contributed by atoms with Gasteiger partial charge in [-0.05, 0) is 47.4 Å². The molecule has 0 fully saturated rings. The molecule has 1 aliphatic heterocycles. The SMILES string of the molecule is Cc1ccc(-c2ccc3c(c2)CCO3)cc1N. The highest BCUT2D eigenvalue weighted by Gasteiger charge is 2.12. The van der Waals surface area contributed by atoms with Gasteiger partial charge in [-0.3, -0.25) is 0 Å². The zero-order valence-electron chi connectivity index (χ0n) is 9.86. The summed E-state index contributed by atoms with van der Waals surface area (Å²) in [5.41, 5.74) is 11.6. The van der Waals surface area contributed by atoms with E-state index in [1.807, 2.05) is 19.1 Å². The Kier molecular flexibility index (Phi) is 2.29. The van der Waals surface area contributed by atoms with Crippen molar-refractivity contribution >= 4 is 5.69 Å². The number of ether oxygens (including phenoxy) is 1. The number of hydrogen-bond donors (Lipinski definition) is 1. The van der Waals surface area contributed by atoms with Gasteiger partial charge >= 0.3 is 0 Å². The lowest BCUT2D eigenvalue weighted by atomic mass is 10.00. The third-order valence-corrected chi connectivity index (χ3v) is 3.30. The van der Waals surface area contributed by atoms with Crippen molar-refractivity contribution in [3.8, 4) is 16.9 Å². The van der Waals surface area contributed by atoms with Crippen LogP contribution in [-0.4, -0.2) is 6.61 Å². The number of benzene rings is 2. The van der Waals surface area contributed by atoms with Crippen molar-refractivity contribution in [2.45, 2.75) is 13.3 Å². The van der Waals surface area contributed by atoms with Gasteiger partial charge in [-0.25, -0.2) is 0 Å². The highest BCUT2D eigenvalue weighted by molar-refractivity contribution is 5.70. The quantitative estimate of drug-likeness (QED) is 0.756. The van der Waals surface area contributed by atoms with Crippen LogP contribution in [0.5, 0.6) is 5.75 Å². The van der Waals surface area contributed by atoms with Crippen molar-refractivity contribution in [3.05, 3.63) is 47.5 Å². The van der Waals surface area contributed by atoms with E-state index in [4.69, 9.17) is 10.5 Å². The number of rotatable bonds is 1. The van der Waals surface area contributed by atoms with E-state index in [1.165, 1.54) is 16.7 Å². The Hall–Kier alpha value is -1.96. The van der Waals surface area contributed by atoms with Gasteiger partial charge in [0.15, 0.2) is 0 Å². The largest absolute Gasteiger partial charge is 0.493 e. The molecule has 0 radical (unpaired) electrons. The van der Waals surface area contributed by atoms with Crippen molar-refractivity contribution in [2.75, 3.05) is 12.3 Å². The maximum absolute atomic E-state index is 5.95.